The van der Waals surface area contributed by atoms with Crippen molar-refractivity contribution >= 4 is 22.7 Å². The molecule has 0 aliphatic carbocycles. The van der Waals surface area contributed by atoms with E-state index < -0.39 is 6.10 Å². The highest BCUT2D eigenvalue weighted by molar-refractivity contribution is 7.98. The van der Waals surface area contributed by atoms with Crippen molar-refractivity contribution in [2.45, 2.75) is 18.8 Å². The number of hydrogen-bond acceptors (Lipinski definition) is 5. The minimum Gasteiger partial charge on any atom is -0.394 e. The van der Waals surface area contributed by atoms with Crippen LogP contribution in [0.25, 0.3) is 10.9 Å². The number of para-hydroxylation sites is 1. The fourth-order valence-electron chi connectivity index (χ4n) is 1.70. The zero-order valence-electron chi connectivity index (χ0n) is 10.2. The number of aryl methyl sites for hydroxylation is 1. The molecule has 18 heavy (non-hydrogen) atoms. The number of nitrogens with zero attached hydrogens (tertiary/aromatic N) is 2. The molecule has 0 fully saturated rings. The first-order valence-corrected chi connectivity index (χ1v) is 6.95. The highest BCUT2D eigenvalue weighted by Gasteiger charge is 2.06. The van der Waals surface area contributed by atoms with Crippen molar-refractivity contribution in [3.63, 3.8) is 0 Å². The maximum atomic E-state index is 9.25. The molecule has 0 spiro atoms. The van der Waals surface area contributed by atoms with Crippen molar-refractivity contribution in [2.75, 3.05) is 12.4 Å². The highest BCUT2D eigenvalue weighted by atomic mass is 32.2. The quantitative estimate of drug-likeness (QED) is 0.857. The molecule has 0 saturated carbocycles. The normalized spacial score (nSPS) is 12.8. The Kier molecular flexibility index (Phi) is 4.52. The van der Waals surface area contributed by atoms with E-state index in [0.717, 1.165) is 22.4 Å². The van der Waals surface area contributed by atoms with Crippen molar-refractivity contribution in [1.82, 2.24) is 9.97 Å². The van der Waals surface area contributed by atoms with Crippen LogP contribution in [0.2, 0.25) is 0 Å². The number of aromatic nitrogens is 2. The molecule has 0 radical (unpaired) electrons. The van der Waals surface area contributed by atoms with Crippen LogP contribution in [0.15, 0.2) is 24.3 Å². The topological polar surface area (TPSA) is 66.2 Å². The molecule has 1 aromatic heterocycles. The summed E-state index contributed by atoms with van der Waals surface area (Å²) in [6, 6.07) is 7.92. The monoisotopic (exact) mass is 264 g/mol. The number of fused-ring (bicyclic) bond motifs is 1. The van der Waals surface area contributed by atoms with Crippen LogP contribution < -0.4 is 0 Å². The zero-order valence-corrected chi connectivity index (χ0v) is 11.0. The lowest BCUT2D eigenvalue weighted by Crippen LogP contribution is -2.14. The van der Waals surface area contributed by atoms with Crippen LogP contribution in [0, 0.1) is 6.92 Å². The summed E-state index contributed by atoms with van der Waals surface area (Å²) in [4.78, 5) is 8.93. The first kappa shape index (κ1) is 13.3. The van der Waals surface area contributed by atoms with Gasteiger partial charge in [0.2, 0.25) is 0 Å². The number of aliphatic hydroxyl groups is 2. The molecule has 2 aromatic rings. The molecular weight excluding hydrogens is 248 g/mol. The van der Waals surface area contributed by atoms with Gasteiger partial charge in [0, 0.05) is 16.8 Å². The number of benzene rings is 1. The molecule has 1 unspecified atom stereocenters. The first-order chi connectivity index (χ1) is 8.70. The first-order valence-electron chi connectivity index (χ1n) is 5.79. The van der Waals surface area contributed by atoms with E-state index in [1.54, 1.807) is 0 Å². The summed E-state index contributed by atoms with van der Waals surface area (Å²) < 4.78 is 0. The Morgan fingerprint density at radius 1 is 1.28 bits per heavy atom. The molecule has 0 amide bonds. The summed E-state index contributed by atoms with van der Waals surface area (Å²) in [5.74, 6) is 1.90. The second-order valence-corrected chi connectivity index (χ2v) is 5.12. The summed E-state index contributed by atoms with van der Waals surface area (Å²) in [6.07, 6.45) is -0.670. The van der Waals surface area contributed by atoms with Gasteiger partial charge in [-0.2, -0.15) is 11.8 Å². The van der Waals surface area contributed by atoms with Gasteiger partial charge < -0.3 is 10.2 Å². The fraction of sp³-hybridized carbons (Fsp3) is 0.385. The molecule has 1 aromatic carbocycles. The predicted molar refractivity (Wildman–Crippen MR) is 73.5 cm³/mol. The maximum Gasteiger partial charge on any atom is 0.139 e. The molecule has 0 bridgehead atoms. The third kappa shape index (κ3) is 3.19. The average molecular weight is 264 g/mol. The highest BCUT2D eigenvalue weighted by Crippen LogP contribution is 2.17. The van der Waals surface area contributed by atoms with Crippen molar-refractivity contribution in [3.8, 4) is 0 Å². The largest absolute Gasteiger partial charge is 0.394 e. The minimum absolute atomic E-state index is 0.204. The fourth-order valence-corrected chi connectivity index (χ4v) is 2.51. The SMILES string of the molecule is Cc1nc(CSCC(O)CO)nc2ccccc12. The molecule has 96 valence electrons. The molecule has 1 heterocycles. The molecular formula is C13H16N2O2S. The van der Waals surface area contributed by atoms with Gasteiger partial charge in [-0.15, -0.1) is 0 Å². The lowest BCUT2D eigenvalue weighted by atomic mass is 10.2. The lowest BCUT2D eigenvalue weighted by Gasteiger charge is -2.07. The molecule has 1 atom stereocenters. The Bertz CT molecular complexity index is 533. The van der Waals surface area contributed by atoms with Gasteiger partial charge >= 0.3 is 0 Å². The van der Waals surface area contributed by atoms with Gasteiger partial charge in [0.05, 0.1) is 24.0 Å². The van der Waals surface area contributed by atoms with Crippen LogP contribution in [0.4, 0.5) is 0 Å². The standard InChI is InChI=1S/C13H16N2O2S/c1-9-11-4-2-3-5-12(11)15-13(14-9)8-18-7-10(17)6-16/h2-5,10,16-17H,6-8H2,1H3. The van der Waals surface area contributed by atoms with Crippen LogP contribution in [-0.4, -0.2) is 38.6 Å². The Balaban J connectivity index is 2.10. The van der Waals surface area contributed by atoms with Gasteiger partial charge in [-0.05, 0) is 13.0 Å². The molecule has 2 N–H and O–H groups in total. The Hall–Kier alpha value is -1.17. The maximum absolute atomic E-state index is 9.25. The third-order valence-corrected chi connectivity index (χ3v) is 3.68. The second kappa shape index (κ2) is 6.13. The predicted octanol–water partition coefficient (Wildman–Crippen LogP) is 1.52. The van der Waals surface area contributed by atoms with E-state index in [-0.39, 0.29) is 6.61 Å². The van der Waals surface area contributed by atoms with E-state index in [4.69, 9.17) is 5.11 Å². The van der Waals surface area contributed by atoms with Crippen LogP contribution in [0.5, 0.6) is 0 Å². The van der Waals surface area contributed by atoms with Gasteiger partial charge in [0.1, 0.15) is 5.82 Å². The molecule has 5 heteroatoms. The summed E-state index contributed by atoms with van der Waals surface area (Å²) in [6.45, 7) is 1.77. The van der Waals surface area contributed by atoms with Crippen LogP contribution >= 0.6 is 11.8 Å². The smallest absolute Gasteiger partial charge is 0.139 e. The van der Waals surface area contributed by atoms with Gasteiger partial charge in [-0.25, -0.2) is 9.97 Å². The number of aliphatic hydroxyl groups excluding tert-OH is 2. The van der Waals surface area contributed by atoms with Crippen LogP contribution in [0.1, 0.15) is 11.5 Å². The minimum atomic E-state index is -0.670. The van der Waals surface area contributed by atoms with Crippen molar-refractivity contribution < 1.29 is 10.2 Å². The van der Waals surface area contributed by atoms with Gasteiger partial charge in [0.15, 0.2) is 0 Å². The molecule has 4 nitrogen and oxygen atoms in total. The number of rotatable bonds is 5. The average Bonchev–Trinajstić information content (AvgIpc) is 2.38. The van der Waals surface area contributed by atoms with E-state index in [1.807, 2.05) is 31.2 Å². The van der Waals surface area contributed by atoms with Crippen molar-refractivity contribution in [1.29, 1.82) is 0 Å². The summed E-state index contributed by atoms with van der Waals surface area (Å²) in [5.41, 5.74) is 1.92. The Morgan fingerprint density at radius 2 is 2.06 bits per heavy atom. The summed E-state index contributed by atoms with van der Waals surface area (Å²) >= 11 is 1.52. The summed E-state index contributed by atoms with van der Waals surface area (Å²) in [5, 5.41) is 19.0. The van der Waals surface area contributed by atoms with E-state index in [9.17, 15) is 5.11 Å². The number of thioether (sulfide) groups is 1. The lowest BCUT2D eigenvalue weighted by molar-refractivity contribution is 0.113. The Morgan fingerprint density at radius 3 is 2.83 bits per heavy atom. The van der Waals surface area contributed by atoms with E-state index in [2.05, 4.69) is 9.97 Å². The summed E-state index contributed by atoms with van der Waals surface area (Å²) in [7, 11) is 0. The number of hydrogen-bond donors (Lipinski definition) is 2. The molecule has 0 saturated heterocycles. The second-order valence-electron chi connectivity index (χ2n) is 4.09. The zero-order chi connectivity index (χ0) is 13.0. The van der Waals surface area contributed by atoms with Crippen molar-refractivity contribution in [3.05, 3.63) is 35.8 Å². The van der Waals surface area contributed by atoms with Crippen LogP contribution in [0.3, 0.4) is 0 Å². The Labute approximate surface area is 110 Å². The molecule has 2 rings (SSSR count). The van der Waals surface area contributed by atoms with Crippen molar-refractivity contribution in [2.24, 2.45) is 0 Å². The van der Waals surface area contributed by atoms with E-state index in [0.29, 0.717) is 11.5 Å². The van der Waals surface area contributed by atoms with Gasteiger partial charge in [0.25, 0.3) is 0 Å². The van der Waals surface area contributed by atoms with Gasteiger partial charge in [-0.3, -0.25) is 0 Å². The van der Waals surface area contributed by atoms with E-state index in [1.165, 1.54) is 11.8 Å². The van der Waals surface area contributed by atoms with Gasteiger partial charge in [-0.1, -0.05) is 18.2 Å². The van der Waals surface area contributed by atoms with E-state index >= 15 is 0 Å². The molecule has 0 aliphatic rings. The van der Waals surface area contributed by atoms with Crippen LogP contribution in [-0.2, 0) is 5.75 Å². The third-order valence-electron chi connectivity index (χ3n) is 2.59. The molecule has 0 aliphatic heterocycles.